The highest BCUT2D eigenvalue weighted by Gasteiger charge is 2.52. The smallest absolute Gasteiger partial charge is 0.176 e. The monoisotopic (exact) mass is 368 g/mol. The second kappa shape index (κ2) is 6.52. The van der Waals surface area contributed by atoms with Crippen LogP contribution in [0.25, 0.3) is 0 Å². The van der Waals surface area contributed by atoms with E-state index < -0.39 is 9.84 Å². The number of hydrogen-bond donors (Lipinski definition) is 0. The van der Waals surface area contributed by atoms with E-state index in [1.807, 2.05) is 29.2 Å². The first kappa shape index (κ1) is 17.5. The van der Waals surface area contributed by atoms with Crippen LogP contribution in [0.1, 0.15) is 20.3 Å². The molecule has 1 aromatic carbocycles. The SMILES string of the molecule is COc1ccccc1N1C(=S)N(CCC(C)C)C2CS(=O)(=O)CC21. The zero-order valence-corrected chi connectivity index (χ0v) is 15.9. The van der Waals surface area contributed by atoms with Gasteiger partial charge in [-0.1, -0.05) is 26.0 Å². The number of nitrogens with zero attached hydrogens (tertiary/aromatic N) is 2. The molecule has 2 aliphatic rings. The quantitative estimate of drug-likeness (QED) is 0.744. The van der Waals surface area contributed by atoms with Gasteiger partial charge in [0.15, 0.2) is 14.9 Å². The van der Waals surface area contributed by atoms with Gasteiger partial charge in [-0.2, -0.15) is 0 Å². The van der Waals surface area contributed by atoms with Crippen molar-refractivity contribution in [2.45, 2.75) is 32.4 Å². The molecule has 2 atom stereocenters. The molecule has 0 bridgehead atoms. The van der Waals surface area contributed by atoms with Gasteiger partial charge in [0.05, 0.1) is 36.4 Å². The van der Waals surface area contributed by atoms with Crippen molar-refractivity contribution in [2.75, 3.05) is 30.1 Å². The Labute approximate surface area is 149 Å². The van der Waals surface area contributed by atoms with E-state index in [9.17, 15) is 8.42 Å². The van der Waals surface area contributed by atoms with Crippen LogP contribution in [0.15, 0.2) is 24.3 Å². The number of benzene rings is 1. The van der Waals surface area contributed by atoms with Crippen molar-refractivity contribution >= 4 is 32.9 Å². The van der Waals surface area contributed by atoms with Gasteiger partial charge in [-0.25, -0.2) is 8.42 Å². The second-order valence-corrected chi connectivity index (χ2v) is 9.43. The summed E-state index contributed by atoms with van der Waals surface area (Å²) < 4.78 is 29.9. The maximum Gasteiger partial charge on any atom is 0.176 e. The molecule has 7 heteroatoms. The Morgan fingerprint density at radius 3 is 2.58 bits per heavy atom. The van der Waals surface area contributed by atoms with Crippen LogP contribution in [0.5, 0.6) is 5.75 Å². The average Bonchev–Trinajstić information content (AvgIpc) is 2.94. The Balaban J connectivity index is 1.98. The fourth-order valence-electron chi connectivity index (χ4n) is 3.55. The number of rotatable bonds is 5. The van der Waals surface area contributed by atoms with E-state index in [-0.39, 0.29) is 23.6 Å². The van der Waals surface area contributed by atoms with Gasteiger partial charge < -0.3 is 14.5 Å². The number of fused-ring (bicyclic) bond motifs is 1. The van der Waals surface area contributed by atoms with Crippen LogP contribution in [-0.4, -0.2) is 55.7 Å². The van der Waals surface area contributed by atoms with Gasteiger partial charge in [-0.05, 0) is 36.7 Å². The van der Waals surface area contributed by atoms with Crippen molar-refractivity contribution in [3.63, 3.8) is 0 Å². The van der Waals surface area contributed by atoms with E-state index in [1.165, 1.54) is 0 Å². The molecule has 0 N–H and O–H groups in total. The van der Waals surface area contributed by atoms with E-state index in [0.29, 0.717) is 16.8 Å². The van der Waals surface area contributed by atoms with Gasteiger partial charge in [-0.15, -0.1) is 0 Å². The summed E-state index contributed by atoms with van der Waals surface area (Å²) in [7, 11) is -1.42. The molecule has 0 saturated carbocycles. The molecule has 0 radical (unpaired) electrons. The number of para-hydroxylation sites is 2. The molecule has 2 aliphatic heterocycles. The second-order valence-electron chi connectivity index (χ2n) is 6.91. The summed E-state index contributed by atoms with van der Waals surface area (Å²) in [5.74, 6) is 1.59. The summed E-state index contributed by atoms with van der Waals surface area (Å²) in [6.45, 7) is 5.12. The zero-order valence-electron chi connectivity index (χ0n) is 14.3. The number of ether oxygens (including phenoxy) is 1. The molecule has 2 heterocycles. The third-order valence-electron chi connectivity index (χ3n) is 4.77. The summed E-state index contributed by atoms with van der Waals surface area (Å²) >= 11 is 5.73. The molecule has 3 rings (SSSR count). The van der Waals surface area contributed by atoms with Crippen LogP contribution in [0.2, 0.25) is 0 Å². The van der Waals surface area contributed by atoms with Gasteiger partial charge in [0, 0.05) is 6.54 Å². The highest BCUT2D eigenvalue weighted by molar-refractivity contribution is 7.91. The molecule has 132 valence electrons. The van der Waals surface area contributed by atoms with Gasteiger partial charge in [0.1, 0.15) is 5.75 Å². The average molecular weight is 369 g/mol. The number of thiocarbonyl (C=S) groups is 1. The Morgan fingerprint density at radius 1 is 1.25 bits per heavy atom. The van der Waals surface area contributed by atoms with Crippen LogP contribution >= 0.6 is 12.2 Å². The number of anilines is 1. The normalized spacial score (nSPS) is 25.4. The van der Waals surface area contributed by atoms with Gasteiger partial charge >= 0.3 is 0 Å². The van der Waals surface area contributed by atoms with E-state index in [1.54, 1.807) is 7.11 Å². The van der Waals surface area contributed by atoms with E-state index in [4.69, 9.17) is 17.0 Å². The number of sulfone groups is 1. The van der Waals surface area contributed by atoms with Gasteiger partial charge in [0.2, 0.25) is 0 Å². The molecule has 2 unspecified atom stereocenters. The standard InChI is InChI=1S/C17H24N2O3S2/c1-12(2)8-9-18-14-10-24(20,21)11-15(14)19(17(18)23)13-6-4-5-7-16(13)22-3/h4-7,12,14-15H,8-11H2,1-3H3. The third-order valence-corrected chi connectivity index (χ3v) is 6.90. The topological polar surface area (TPSA) is 49.9 Å². The largest absolute Gasteiger partial charge is 0.495 e. The fraction of sp³-hybridized carbons (Fsp3) is 0.588. The summed E-state index contributed by atoms with van der Waals surface area (Å²) in [6.07, 6.45) is 0.989. The molecule has 0 aliphatic carbocycles. The van der Waals surface area contributed by atoms with Crippen LogP contribution < -0.4 is 9.64 Å². The van der Waals surface area contributed by atoms with Crippen molar-refractivity contribution < 1.29 is 13.2 Å². The summed E-state index contributed by atoms with van der Waals surface area (Å²) in [6, 6.07) is 7.46. The molecule has 0 amide bonds. The lowest BCUT2D eigenvalue weighted by Crippen LogP contribution is -2.38. The van der Waals surface area contributed by atoms with Crippen LogP contribution in [0.3, 0.4) is 0 Å². The van der Waals surface area contributed by atoms with Crippen molar-refractivity contribution in [1.82, 2.24) is 4.90 Å². The Morgan fingerprint density at radius 2 is 1.92 bits per heavy atom. The maximum absolute atomic E-state index is 12.2. The minimum Gasteiger partial charge on any atom is -0.495 e. The van der Waals surface area contributed by atoms with E-state index in [0.717, 1.165) is 18.7 Å². The molecule has 0 aromatic heterocycles. The van der Waals surface area contributed by atoms with Crippen molar-refractivity contribution in [3.8, 4) is 5.75 Å². The first-order valence-corrected chi connectivity index (χ1v) is 10.5. The van der Waals surface area contributed by atoms with E-state index in [2.05, 4.69) is 18.7 Å². The lowest BCUT2D eigenvalue weighted by Gasteiger charge is -2.27. The molecule has 5 nitrogen and oxygen atoms in total. The van der Waals surface area contributed by atoms with Crippen molar-refractivity contribution in [3.05, 3.63) is 24.3 Å². The van der Waals surface area contributed by atoms with Crippen LogP contribution in [-0.2, 0) is 9.84 Å². The fourth-order valence-corrected chi connectivity index (χ4v) is 5.96. The highest BCUT2D eigenvalue weighted by Crippen LogP contribution is 2.39. The summed E-state index contributed by atoms with van der Waals surface area (Å²) in [4.78, 5) is 4.10. The van der Waals surface area contributed by atoms with Crippen molar-refractivity contribution in [2.24, 2.45) is 5.92 Å². The molecular formula is C17H24N2O3S2. The molecule has 0 spiro atoms. The van der Waals surface area contributed by atoms with Crippen LogP contribution in [0.4, 0.5) is 5.69 Å². The van der Waals surface area contributed by atoms with Gasteiger partial charge in [0.25, 0.3) is 0 Å². The molecule has 2 saturated heterocycles. The minimum absolute atomic E-state index is 0.0637. The summed E-state index contributed by atoms with van der Waals surface area (Å²) in [5, 5.41) is 0.713. The Bertz CT molecular complexity index is 733. The van der Waals surface area contributed by atoms with Gasteiger partial charge in [-0.3, -0.25) is 0 Å². The maximum atomic E-state index is 12.2. The Kier molecular flexibility index (Phi) is 4.75. The molecule has 24 heavy (non-hydrogen) atoms. The summed E-state index contributed by atoms with van der Waals surface area (Å²) in [5.41, 5.74) is 0.851. The lowest BCUT2D eigenvalue weighted by atomic mass is 10.1. The molecular weight excluding hydrogens is 344 g/mol. The van der Waals surface area contributed by atoms with Crippen molar-refractivity contribution in [1.29, 1.82) is 0 Å². The molecule has 2 fully saturated rings. The van der Waals surface area contributed by atoms with E-state index >= 15 is 0 Å². The predicted molar refractivity (Wildman–Crippen MR) is 100 cm³/mol. The number of methoxy groups -OCH3 is 1. The first-order valence-electron chi connectivity index (χ1n) is 8.27. The zero-order chi connectivity index (χ0) is 17.5. The van der Waals surface area contributed by atoms with Crippen LogP contribution in [0, 0.1) is 5.92 Å². The third kappa shape index (κ3) is 3.11. The highest BCUT2D eigenvalue weighted by atomic mass is 32.2. The molecule has 1 aromatic rings. The first-order chi connectivity index (χ1) is 11.3. The predicted octanol–water partition coefficient (Wildman–Crippen LogP) is 2.31. The lowest BCUT2D eigenvalue weighted by molar-refractivity contribution is 0.333. The Hall–Kier alpha value is -1.34. The minimum atomic E-state index is -3.04. The number of hydrogen-bond acceptors (Lipinski definition) is 4.